The van der Waals surface area contributed by atoms with E-state index >= 15 is 0 Å². The van der Waals surface area contributed by atoms with Crippen molar-refractivity contribution in [3.63, 3.8) is 0 Å². The molecule has 4 nitrogen and oxygen atoms in total. The highest BCUT2D eigenvalue weighted by Crippen LogP contribution is 2.29. The van der Waals surface area contributed by atoms with Crippen molar-refractivity contribution in [1.29, 1.82) is 0 Å². The Kier molecular flexibility index (Phi) is 4.15. The van der Waals surface area contributed by atoms with Crippen LogP contribution in [0, 0.1) is 5.92 Å². The first-order valence-electron chi connectivity index (χ1n) is 7.82. The molecule has 0 aromatic heterocycles. The van der Waals surface area contributed by atoms with Gasteiger partial charge in [0.15, 0.2) is 9.84 Å². The lowest BCUT2D eigenvalue weighted by molar-refractivity contribution is 0.117. The molecule has 0 aromatic carbocycles. The normalized spacial score (nSPS) is 37.5. The Bertz CT molecular complexity index is 404. The van der Waals surface area contributed by atoms with Crippen molar-refractivity contribution in [2.45, 2.75) is 50.6 Å². The minimum Gasteiger partial charge on any atom is -0.311 e. The summed E-state index contributed by atoms with van der Waals surface area (Å²) in [5, 5.41) is 3.67. The van der Waals surface area contributed by atoms with Gasteiger partial charge in [-0.1, -0.05) is 19.3 Å². The van der Waals surface area contributed by atoms with Gasteiger partial charge in [-0.2, -0.15) is 0 Å². The van der Waals surface area contributed by atoms with E-state index in [2.05, 4.69) is 10.2 Å². The SMILES string of the molecule is O=S1(=O)CCC(N2CCNC(C3CCCCC3)C2)C1. The molecule has 5 heteroatoms. The number of nitrogens with one attached hydrogen (secondary N) is 1. The molecule has 3 rings (SSSR count). The van der Waals surface area contributed by atoms with E-state index in [1.807, 2.05) is 0 Å². The van der Waals surface area contributed by atoms with Crippen LogP contribution >= 0.6 is 0 Å². The van der Waals surface area contributed by atoms with Crippen LogP contribution in [0.15, 0.2) is 0 Å². The third-order valence-corrected chi connectivity index (χ3v) is 6.93. The van der Waals surface area contributed by atoms with Gasteiger partial charge in [0.25, 0.3) is 0 Å². The summed E-state index contributed by atoms with van der Waals surface area (Å²) in [5.74, 6) is 1.61. The van der Waals surface area contributed by atoms with Gasteiger partial charge >= 0.3 is 0 Å². The van der Waals surface area contributed by atoms with Gasteiger partial charge in [0.05, 0.1) is 11.5 Å². The minimum absolute atomic E-state index is 0.290. The van der Waals surface area contributed by atoms with Gasteiger partial charge in [0.2, 0.25) is 0 Å². The fourth-order valence-electron chi connectivity index (χ4n) is 4.05. The Labute approximate surface area is 116 Å². The smallest absolute Gasteiger partial charge is 0.151 e. The maximum atomic E-state index is 11.6. The van der Waals surface area contributed by atoms with E-state index in [0.717, 1.165) is 32.0 Å². The molecular weight excluding hydrogens is 260 g/mol. The fraction of sp³-hybridized carbons (Fsp3) is 1.00. The van der Waals surface area contributed by atoms with E-state index in [-0.39, 0.29) is 6.04 Å². The molecule has 2 aliphatic heterocycles. The molecule has 1 N–H and O–H groups in total. The molecule has 2 atom stereocenters. The van der Waals surface area contributed by atoms with Crippen LogP contribution in [0.25, 0.3) is 0 Å². The number of hydrogen-bond donors (Lipinski definition) is 1. The molecule has 19 heavy (non-hydrogen) atoms. The standard InChI is InChI=1S/C14H26N2O2S/c17-19(18)9-6-13(11-19)16-8-7-15-14(10-16)12-4-2-1-3-5-12/h12-15H,1-11H2. The summed E-state index contributed by atoms with van der Waals surface area (Å²) in [6.45, 7) is 3.10. The number of hydrogen-bond acceptors (Lipinski definition) is 4. The van der Waals surface area contributed by atoms with Gasteiger partial charge in [-0.25, -0.2) is 8.42 Å². The van der Waals surface area contributed by atoms with Crippen molar-refractivity contribution < 1.29 is 8.42 Å². The van der Waals surface area contributed by atoms with E-state index < -0.39 is 9.84 Å². The van der Waals surface area contributed by atoms with E-state index in [9.17, 15) is 8.42 Å². The van der Waals surface area contributed by atoms with Crippen LogP contribution in [0.5, 0.6) is 0 Å². The summed E-state index contributed by atoms with van der Waals surface area (Å²) < 4.78 is 23.2. The topological polar surface area (TPSA) is 49.4 Å². The Hall–Kier alpha value is -0.130. The second-order valence-corrected chi connectivity index (χ2v) is 8.74. The Morgan fingerprint density at radius 3 is 2.53 bits per heavy atom. The number of rotatable bonds is 2. The van der Waals surface area contributed by atoms with Crippen LogP contribution in [0.3, 0.4) is 0 Å². The van der Waals surface area contributed by atoms with Crippen LogP contribution < -0.4 is 5.32 Å². The van der Waals surface area contributed by atoms with E-state index in [1.54, 1.807) is 0 Å². The maximum Gasteiger partial charge on any atom is 0.151 e. The van der Waals surface area contributed by atoms with Crippen molar-refractivity contribution in [1.82, 2.24) is 10.2 Å². The lowest BCUT2D eigenvalue weighted by atomic mass is 9.83. The monoisotopic (exact) mass is 286 g/mol. The zero-order valence-electron chi connectivity index (χ0n) is 11.7. The minimum atomic E-state index is -2.75. The van der Waals surface area contributed by atoms with Crippen molar-refractivity contribution >= 4 is 9.84 Å². The molecule has 1 aliphatic carbocycles. The molecule has 3 aliphatic rings. The molecule has 3 fully saturated rings. The predicted molar refractivity (Wildman–Crippen MR) is 77.0 cm³/mol. The van der Waals surface area contributed by atoms with Gasteiger partial charge < -0.3 is 5.32 Å². The zero-order chi connectivity index (χ0) is 13.3. The molecular formula is C14H26N2O2S. The van der Waals surface area contributed by atoms with E-state index in [4.69, 9.17) is 0 Å². The average Bonchev–Trinajstić information content (AvgIpc) is 2.80. The summed E-state index contributed by atoms with van der Waals surface area (Å²) in [6.07, 6.45) is 7.71. The quantitative estimate of drug-likeness (QED) is 0.824. The second kappa shape index (κ2) is 5.70. The Morgan fingerprint density at radius 2 is 1.84 bits per heavy atom. The van der Waals surface area contributed by atoms with Crippen LogP contribution in [0.1, 0.15) is 38.5 Å². The largest absolute Gasteiger partial charge is 0.311 e. The molecule has 2 heterocycles. The van der Waals surface area contributed by atoms with Crippen molar-refractivity contribution in [2.75, 3.05) is 31.1 Å². The molecule has 0 bridgehead atoms. The maximum absolute atomic E-state index is 11.6. The van der Waals surface area contributed by atoms with Gasteiger partial charge in [0.1, 0.15) is 0 Å². The highest BCUT2D eigenvalue weighted by Gasteiger charge is 2.36. The van der Waals surface area contributed by atoms with Crippen molar-refractivity contribution in [3.05, 3.63) is 0 Å². The number of sulfone groups is 1. The van der Waals surface area contributed by atoms with Crippen LogP contribution in [-0.2, 0) is 9.84 Å². The molecule has 0 spiro atoms. The Balaban J connectivity index is 1.58. The second-order valence-electron chi connectivity index (χ2n) is 6.51. The molecule has 2 saturated heterocycles. The Morgan fingerprint density at radius 1 is 1.05 bits per heavy atom. The molecule has 2 unspecified atom stereocenters. The molecule has 0 radical (unpaired) electrons. The van der Waals surface area contributed by atoms with E-state index in [0.29, 0.717) is 17.5 Å². The number of piperazine rings is 1. The van der Waals surface area contributed by atoms with Crippen LogP contribution in [0.2, 0.25) is 0 Å². The summed E-state index contributed by atoms with van der Waals surface area (Å²) in [7, 11) is -2.75. The first-order valence-corrected chi connectivity index (χ1v) is 9.64. The summed E-state index contributed by atoms with van der Waals surface area (Å²) in [6, 6.07) is 0.885. The zero-order valence-corrected chi connectivity index (χ0v) is 12.5. The van der Waals surface area contributed by atoms with Crippen LogP contribution in [0.4, 0.5) is 0 Å². The van der Waals surface area contributed by atoms with E-state index in [1.165, 1.54) is 32.1 Å². The first kappa shape index (κ1) is 13.8. The summed E-state index contributed by atoms with van der Waals surface area (Å²) in [5.41, 5.74) is 0. The predicted octanol–water partition coefficient (Wildman–Crippen LogP) is 1.03. The van der Waals surface area contributed by atoms with Crippen molar-refractivity contribution in [2.24, 2.45) is 5.92 Å². The third-order valence-electron chi connectivity index (χ3n) is 5.18. The molecule has 0 aromatic rings. The highest BCUT2D eigenvalue weighted by molar-refractivity contribution is 7.91. The summed E-state index contributed by atoms with van der Waals surface area (Å²) >= 11 is 0. The number of nitrogens with zero attached hydrogens (tertiary/aromatic N) is 1. The molecule has 0 amide bonds. The lowest BCUT2D eigenvalue weighted by Crippen LogP contribution is -2.56. The highest BCUT2D eigenvalue weighted by atomic mass is 32.2. The fourth-order valence-corrected chi connectivity index (χ4v) is 5.81. The molecule has 110 valence electrons. The summed E-state index contributed by atoms with van der Waals surface area (Å²) in [4.78, 5) is 2.44. The third kappa shape index (κ3) is 3.31. The van der Waals surface area contributed by atoms with Gasteiger partial charge in [-0.05, 0) is 25.2 Å². The lowest BCUT2D eigenvalue weighted by Gasteiger charge is -2.41. The van der Waals surface area contributed by atoms with Crippen LogP contribution in [-0.4, -0.2) is 56.5 Å². The van der Waals surface area contributed by atoms with Gasteiger partial charge in [-0.3, -0.25) is 4.90 Å². The van der Waals surface area contributed by atoms with Crippen molar-refractivity contribution in [3.8, 4) is 0 Å². The molecule has 1 saturated carbocycles. The van der Waals surface area contributed by atoms with Gasteiger partial charge in [-0.15, -0.1) is 0 Å². The first-order chi connectivity index (χ1) is 9.14. The van der Waals surface area contributed by atoms with Gasteiger partial charge in [0, 0.05) is 31.7 Å². The average molecular weight is 286 g/mol.